The predicted molar refractivity (Wildman–Crippen MR) is 101 cm³/mol. The van der Waals surface area contributed by atoms with Crippen LogP contribution in [0.5, 0.6) is 0 Å². The van der Waals surface area contributed by atoms with Gasteiger partial charge in [-0.05, 0) is 52.7 Å². The molecule has 6 heteroatoms. The molecule has 3 rings (SSSR count). The fraction of sp³-hybridized carbons (Fsp3) is 0.300. The summed E-state index contributed by atoms with van der Waals surface area (Å²) in [4.78, 5) is 18.8. The van der Waals surface area contributed by atoms with E-state index in [1.807, 2.05) is 19.1 Å². The fourth-order valence-electron chi connectivity index (χ4n) is 3.27. The van der Waals surface area contributed by atoms with Gasteiger partial charge in [-0.15, -0.1) is 6.58 Å². The van der Waals surface area contributed by atoms with Crippen molar-refractivity contribution >= 4 is 22.0 Å². The van der Waals surface area contributed by atoms with Gasteiger partial charge in [0.2, 0.25) is 0 Å². The highest BCUT2D eigenvalue weighted by molar-refractivity contribution is 9.10. The molecule has 1 aromatic heterocycles. The van der Waals surface area contributed by atoms with Gasteiger partial charge in [-0.25, -0.2) is 9.18 Å². The van der Waals surface area contributed by atoms with Gasteiger partial charge in [0.25, 0.3) is 0 Å². The topological polar surface area (TPSA) is 42.4 Å². The summed E-state index contributed by atoms with van der Waals surface area (Å²) in [6, 6.07) is 9.68. The Balaban J connectivity index is 1.83. The third kappa shape index (κ3) is 3.65. The average molecular weight is 419 g/mol. The van der Waals surface area contributed by atoms with Gasteiger partial charge >= 0.3 is 6.09 Å². The summed E-state index contributed by atoms with van der Waals surface area (Å²) in [5, 5.41) is 0. The number of pyridine rings is 1. The lowest BCUT2D eigenvalue weighted by atomic mass is 9.85. The summed E-state index contributed by atoms with van der Waals surface area (Å²) in [6.07, 6.45) is 4.10. The minimum absolute atomic E-state index is 0.203. The van der Waals surface area contributed by atoms with Crippen LogP contribution in [0.4, 0.5) is 9.18 Å². The molecule has 0 saturated carbocycles. The Morgan fingerprint density at radius 1 is 1.38 bits per heavy atom. The van der Waals surface area contributed by atoms with Gasteiger partial charge in [-0.2, -0.15) is 0 Å². The Hall–Kier alpha value is -2.21. The number of benzene rings is 1. The quantitative estimate of drug-likeness (QED) is 0.613. The molecule has 136 valence electrons. The number of carbonyl (C=O) groups excluding carboxylic acids is 1. The van der Waals surface area contributed by atoms with Gasteiger partial charge in [-0.3, -0.25) is 9.88 Å². The first-order valence-electron chi connectivity index (χ1n) is 8.43. The van der Waals surface area contributed by atoms with Crippen molar-refractivity contribution in [2.24, 2.45) is 0 Å². The summed E-state index contributed by atoms with van der Waals surface area (Å²) in [6.45, 7) is 6.23. The number of rotatable bonds is 5. The number of hydrogen-bond donors (Lipinski definition) is 0. The van der Waals surface area contributed by atoms with Crippen molar-refractivity contribution < 1.29 is 13.9 Å². The molecule has 1 aliphatic heterocycles. The summed E-state index contributed by atoms with van der Waals surface area (Å²) < 4.78 is 20.0. The first-order chi connectivity index (χ1) is 12.4. The number of aromatic nitrogens is 1. The first kappa shape index (κ1) is 18.6. The highest BCUT2D eigenvalue weighted by Gasteiger charge is 2.42. The van der Waals surface area contributed by atoms with Crippen LogP contribution in [-0.4, -0.2) is 22.5 Å². The number of hydrogen-bond acceptors (Lipinski definition) is 3. The second kappa shape index (κ2) is 7.58. The number of cyclic esters (lactones) is 1. The van der Waals surface area contributed by atoms with Crippen LogP contribution in [0, 0.1) is 5.82 Å². The van der Waals surface area contributed by atoms with Crippen LogP contribution in [-0.2, 0) is 10.3 Å². The Labute approximate surface area is 160 Å². The Morgan fingerprint density at radius 2 is 2.12 bits per heavy atom. The van der Waals surface area contributed by atoms with Crippen molar-refractivity contribution in [3.05, 3.63) is 76.8 Å². The monoisotopic (exact) mass is 418 g/mol. The molecule has 2 atom stereocenters. The van der Waals surface area contributed by atoms with E-state index in [0.29, 0.717) is 19.4 Å². The lowest BCUT2D eigenvalue weighted by molar-refractivity contribution is -0.0592. The molecule has 4 nitrogen and oxygen atoms in total. The van der Waals surface area contributed by atoms with Crippen molar-refractivity contribution in [2.75, 3.05) is 6.54 Å². The molecule has 0 N–H and O–H groups in total. The number of amides is 1. The van der Waals surface area contributed by atoms with Crippen molar-refractivity contribution in [1.29, 1.82) is 0 Å². The van der Waals surface area contributed by atoms with Crippen molar-refractivity contribution in [1.82, 2.24) is 9.88 Å². The fourth-order valence-corrected chi connectivity index (χ4v) is 3.50. The summed E-state index contributed by atoms with van der Waals surface area (Å²) in [7, 11) is 0. The molecule has 2 aromatic rings. The lowest BCUT2D eigenvalue weighted by Gasteiger charge is -2.43. The SMILES string of the molecule is C=CCC1(c2ccc(F)cc2)CCN([C@@H](C)c2ccc(Br)cn2)C(=O)O1. The molecule has 0 radical (unpaired) electrons. The van der Waals surface area contributed by atoms with E-state index in [1.54, 1.807) is 29.3 Å². The standard InChI is InChI=1S/C20H20BrFN2O2/c1-3-10-20(15-4-7-17(22)8-5-15)11-12-24(19(25)26-20)14(2)18-9-6-16(21)13-23-18/h3-9,13-14H,1,10-12H2,2H3/t14-,20?/m0/s1. The summed E-state index contributed by atoms with van der Waals surface area (Å²) in [5.74, 6) is -0.318. The third-order valence-corrected chi connectivity index (χ3v) is 5.23. The molecule has 2 heterocycles. The van der Waals surface area contributed by atoms with E-state index in [-0.39, 0.29) is 11.9 Å². The maximum absolute atomic E-state index is 13.3. The Kier molecular flexibility index (Phi) is 5.41. The molecule has 1 aliphatic rings. The smallest absolute Gasteiger partial charge is 0.411 e. The van der Waals surface area contributed by atoms with E-state index in [9.17, 15) is 9.18 Å². The highest BCUT2D eigenvalue weighted by atomic mass is 79.9. The number of carbonyl (C=O) groups is 1. The molecule has 1 unspecified atom stereocenters. The van der Waals surface area contributed by atoms with Gasteiger partial charge in [0.15, 0.2) is 0 Å². The summed E-state index contributed by atoms with van der Waals surface area (Å²) >= 11 is 3.36. The van der Waals surface area contributed by atoms with Crippen LogP contribution in [0.2, 0.25) is 0 Å². The van der Waals surface area contributed by atoms with Crippen molar-refractivity contribution in [2.45, 2.75) is 31.4 Å². The Morgan fingerprint density at radius 3 is 2.69 bits per heavy atom. The second-order valence-corrected chi connectivity index (χ2v) is 7.30. The molecule has 0 spiro atoms. The first-order valence-corrected chi connectivity index (χ1v) is 9.22. The van der Waals surface area contributed by atoms with Crippen LogP contribution >= 0.6 is 15.9 Å². The minimum Gasteiger partial charge on any atom is -0.437 e. The predicted octanol–water partition coefficient (Wildman–Crippen LogP) is 5.36. The van der Waals surface area contributed by atoms with Crippen molar-refractivity contribution in [3.63, 3.8) is 0 Å². The molecule has 0 aliphatic carbocycles. The average Bonchev–Trinajstić information content (AvgIpc) is 2.63. The molecule has 1 amide bonds. The zero-order valence-corrected chi connectivity index (χ0v) is 16.1. The molecular formula is C20H20BrFN2O2. The number of halogens is 2. The zero-order valence-electron chi connectivity index (χ0n) is 14.5. The van der Waals surface area contributed by atoms with E-state index in [1.165, 1.54) is 12.1 Å². The molecule has 0 bridgehead atoms. The Bertz CT molecular complexity index is 794. The van der Waals surface area contributed by atoms with Gasteiger partial charge in [0.05, 0.1) is 11.7 Å². The number of ether oxygens (including phenoxy) is 1. The second-order valence-electron chi connectivity index (χ2n) is 6.38. The van der Waals surface area contributed by atoms with Crippen LogP contribution in [0.1, 0.15) is 37.1 Å². The lowest BCUT2D eigenvalue weighted by Crippen LogP contribution is -2.48. The van der Waals surface area contributed by atoms with Gasteiger partial charge in [0.1, 0.15) is 11.4 Å². The van der Waals surface area contributed by atoms with Crippen molar-refractivity contribution in [3.8, 4) is 0 Å². The van der Waals surface area contributed by atoms with Crippen LogP contribution < -0.4 is 0 Å². The van der Waals surface area contributed by atoms with Crippen LogP contribution in [0.3, 0.4) is 0 Å². The van der Waals surface area contributed by atoms with E-state index in [0.717, 1.165) is 15.7 Å². The van der Waals surface area contributed by atoms with E-state index in [4.69, 9.17) is 4.74 Å². The van der Waals surface area contributed by atoms with Gasteiger partial charge < -0.3 is 4.74 Å². The minimum atomic E-state index is -0.810. The van der Waals surface area contributed by atoms with Gasteiger partial charge in [0, 0.05) is 30.1 Å². The van der Waals surface area contributed by atoms with E-state index >= 15 is 0 Å². The molecule has 1 aromatic carbocycles. The molecule has 26 heavy (non-hydrogen) atoms. The maximum Gasteiger partial charge on any atom is 0.411 e. The molecule has 1 saturated heterocycles. The number of nitrogens with zero attached hydrogens (tertiary/aromatic N) is 2. The van der Waals surface area contributed by atoms with E-state index in [2.05, 4.69) is 27.5 Å². The van der Waals surface area contributed by atoms with E-state index < -0.39 is 11.7 Å². The van der Waals surface area contributed by atoms with Crippen LogP contribution in [0.25, 0.3) is 0 Å². The summed E-state index contributed by atoms with van der Waals surface area (Å²) in [5.41, 5.74) is 0.764. The third-order valence-electron chi connectivity index (χ3n) is 4.76. The maximum atomic E-state index is 13.3. The van der Waals surface area contributed by atoms with Crippen LogP contribution in [0.15, 0.2) is 59.7 Å². The molecule has 1 fully saturated rings. The largest absolute Gasteiger partial charge is 0.437 e. The highest BCUT2D eigenvalue weighted by Crippen LogP contribution is 2.39. The van der Waals surface area contributed by atoms with Gasteiger partial charge in [-0.1, -0.05) is 18.2 Å². The zero-order chi connectivity index (χ0) is 18.7. The normalized spacial score (nSPS) is 21.2. The molecular weight excluding hydrogens is 399 g/mol.